The molecule has 0 radical (unpaired) electrons. The summed E-state index contributed by atoms with van der Waals surface area (Å²) in [6.45, 7) is 0. The lowest BCUT2D eigenvalue weighted by molar-refractivity contribution is -0.385. The number of nitro groups is 1. The molecule has 1 atom stereocenters. The highest BCUT2D eigenvalue weighted by atomic mass is 32.2. The van der Waals surface area contributed by atoms with E-state index in [0.717, 1.165) is 17.3 Å². The zero-order valence-electron chi connectivity index (χ0n) is 11.7. The van der Waals surface area contributed by atoms with Crippen molar-refractivity contribution in [3.63, 3.8) is 0 Å². The number of aliphatic hydroxyl groups excluding tert-OH is 1. The second kappa shape index (κ2) is 7.72. The van der Waals surface area contributed by atoms with Gasteiger partial charge in [-0.05, 0) is 11.1 Å². The molecule has 0 fully saturated rings. The van der Waals surface area contributed by atoms with Gasteiger partial charge in [-0.3, -0.25) is 14.9 Å². The smallest absolute Gasteiger partial charge is 0.269 e. The van der Waals surface area contributed by atoms with Gasteiger partial charge in [0.15, 0.2) is 5.12 Å². The summed E-state index contributed by atoms with van der Waals surface area (Å²) in [5.74, 6) is 0.543. The Kier molecular flexibility index (Phi) is 5.68. The lowest BCUT2D eigenvalue weighted by Crippen LogP contribution is -2.04. The predicted molar refractivity (Wildman–Crippen MR) is 85.4 cm³/mol. The molecule has 0 saturated heterocycles. The second-order valence-electron chi connectivity index (χ2n) is 4.72. The molecular weight excluding hydrogens is 302 g/mol. The van der Waals surface area contributed by atoms with Gasteiger partial charge in [-0.2, -0.15) is 0 Å². The van der Waals surface area contributed by atoms with Gasteiger partial charge in [-0.25, -0.2) is 0 Å². The van der Waals surface area contributed by atoms with Gasteiger partial charge < -0.3 is 5.11 Å². The topological polar surface area (TPSA) is 80.4 Å². The fourth-order valence-corrected chi connectivity index (χ4v) is 2.71. The van der Waals surface area contributed by atoms with E-state index in [9.17, 15) is 20.0 Å². The minimum absolute atomic E-state index is 0.0708. The Hall–Kier alpha value is -2.18. The summed E-state index contributed by atoms with van der Waals surface area (Å²) in [4.78, 5) is 22.1. The van der Waals surface area contributed by atoms with Crippen molar-refractivity contribution in [2.75, 3.05) is 0 Å². The first-order valence-corrected chi connectivity index (χ1v) is 7.67. The van der Waals surface area contributed by atoms with E-state index >= 15 is 0 Å². The number of rotatable bonds is 6. The van der Waals surface area contributed by atoms with E-state index in [2.05, 4.69) is 0 Å². The minimum atomic E-state index is -1.03. The van der Waals surface area contributed by atoms with Crippen LogP contribution in [0.15, 0.2) is 54.6 Å². The van der Waals surface area contributed by atoms with Crippen molar-refractivity contribution < 1.29 is 14.8 Å². The van der Waals surface area contributed by atoms with Crippen molar-refractivity contribution in [2.45, 2.75) is 18.3 Å². The number of carbonyl (C=O) groups excluding carboxylic acids is 1. The number of carbonyl (C=O) groups is 1. The van der Waals surface area contributed by atoms with Gasteiger partial charge in [0.2, 0.25) is 0 Å². The van der Waals surface area contributed by atoms with Crippen molar-refractivity contribution in [3.8, 4) is 0 Å². The van der Waals surface area contributed by atoms with E-state index in [1.165, 1.54) is 18.2 Å². The maximum Gasteiger partial charge on any atom is 0.269 e. The van der Waals surface area contributed by atoms with E-state index in [1.54, 1.807) is 6.07 Å². The number of hydrogen-bond donors (Lipinski definition) is 1. The number of nitrogens with zero attached hydrogens (tertiary/aromatic N) is 1. The Balaban J connectivity index is 1.91. The van der Waals surface area contributed by atoms with Crippen molar-refractivity contribution >= 4 is 22.6 Å². The number of non-ortho nitro benzene ring substituents is 1. The van der Waals surface area contributed by atoms with Crippen molar-refractivity contribution in [3.05, 3.63) is 75.8 Å². The molecular formula is C16H15NO4S. The molecule has 2 aromatic rings. The Morgan fingerprint density at radius 1 is 1.18 bits per heavy atom. The average molecular weight is 317 g/mol. The molecule has 0 aliphatic rings. The number of aliphatic hydroxyl groups is 1. The molecule has 0 aromatic heterocycles. The number of benzene rings is 2. The fraction of sp³-hybridized carbons (Fsp3) is 0.188. The van der Waals surface area contributed by atoms with Gasteiger partial charge in [-0.15, -0.1) is 0 Å². The van der Waals surface area contributed by atoms with Gasteiger partial charge >= 0.3 is 0 Å². The molecule has 0 spiro atoms. The van der Waals surface area contributed by atoms with Crippen LogP contribution in [0.1, 0.15) is 23.7 Å². The molecule has 0 bridgehead atoms. The van der Waals surface area contributed by atoms with Gasteiger partial charge in [0.1, 0.15) is 0 Å². The highest BCUT2D eigenvalue weighted by Gasteiger charge is 2.16. The van der Waals surface area contributed by atoms with Gasteiger partial charge in [-0.1, -0.05) is 54.2 Å². The van der Waals surface area contributed by atoms with Gasteiger partial charge in [0, 0.05) is 24.3 Å². The summed E-state index contributed by atoms with van der Waals surface area (Å²) in [5.41, 5.74) is 1.31. The van der Waals surface area contributed by atoms with E-state index in [-0.39, 0.29) is 17.2 Å². The summed E-state index contributed by atoms with van der Waals surface area (Å²) < 4.78 is 0. The monoisotopic (exact) mass is 317 g/mol. The maximum absolute atomic E-state index is 11.9. The van der Waals surface area contributed by atoms with Gasteiger partial charge in [0.25, 0.3) is 5.69 Å². The molecule has 0 amide bonds. The second-order valence-corrected chi connectivity index (χ2v) is 5.75. The lowest BCUT2D eigenvalue weighted by Gasteiger charge is -2.09. The third-order valence-corrected chi connectivity index (χ3v) is 4.03. The molecule has 2 aromatic carbocycles. The first kappa shape index (κ1) is 16.2. The van der Waals surface area contributed by atoms with Crippen LogP contribution in [0.3, 0.4) is 0 Å². The summed E-state index contributed by atoms with van der Waals surface area (Å²) in [6.07, 6.45) is -1.10. The van der Waals surface area contributed by atoms with Gasteiger partial charge in [0.05, 0.1) is 11.0 Å². The Morgan fingerprint density at radius 2 is 1.91 bits per heavy atom. The van der Waals surface area contributed by atoms with E-state index < -0.39 is 11.0 Å². The molecule has 0 saturated carbocycles. The molecule has 1 unspecified atom stereocenters. The molecule has 22 heavy (non-hydrogen) atoms. The molecule has 0 aliphatic carbocycles. The van der Waals surface area contributed by atoms with E-state index in [1.807, 2.05) is 30.3 Å². The van der Waals surface area contributed by atoms with Crippen LogP contribution in [0.25, 0.3) is 0 Å². The van der Waals surface area contributed by atoms with Crippen LogP contribution in [0, 0.1) is 10.1 Å². The Labute approximate surface area is 132 Å². The summed E-state index contributed by atoms with van der Waals surface area (Å²) in [5, 5.41) is 20.6. The normalized spacial score (nSPS) is 11.9. The maximum atomic E-state index is 11.9. The van der Waals surface area contributed by atoms with Crippen LogP contribution < -0.4 is 0 Å². The molecule has 0 aliphatic heterocycles. The summed E-state index contributed by atoms with van der Waals surface area (Å²) in [6, 6.07) is 15.3. The summed E-state index contributed by atoms with van der Waals surface area (Å²) >= 11 is 1.13. The van der Waals surface area contributed by atoms with Crippen LogP contribution in [0.5, 0.6) is 0 Å². The van der Waals surface area contributed by atoms with Crippen LogP contribution >= 0.6 is 11.8 Å². The van der Waals surface area contributed by atoms with Crippen molar-refractivity contribution in [1.29, 1.82) is 0 Å². The minimum Gasteiger partial charge on any atom is -0.388 e. The van der Waals surface area contributed by atoms with Crippen LogP contribution in [0.4, 0.5) is 5.69 Å². The van der Waals surface area contributed by atoms with Crippen LogP contribution in [0.2, 0.25) is 0 Å². The van der Waals surface area contributed by atoms with Crippen LogP contribution in [-0.2, 0) is 10.5 Å². The first-order chi connectivity index (χ1) is 10.6. The standard InChI is InChI=1S/C16H15NO4S/c18-15(13-7-4-8-14(9-13)17(20)21)10-16(19)22-11-12-5-2-1-3-6-12/h1-9,15,18H,10-11H2. The van der Waals surface area contributed by atoms with Crippen LogP contribution in [-0.4, -0.2) is 15.1 Å². The highest BCUT2D eigenvalue weighted by Crippen LogP contribution is 2.24. The van der Waals surface area contributed by atoms with E-state index in [0.29, 0.717) is 11.3 Å². The third-order valence-electron chi connectivity index (χ3n) is 3.07. The zero-order chi connectivity index (χ0) is 15.9. The Bertz CT molecular complexity index is 660. The molecule has 6 heteroatoms. The molecule has 1 N–H and O–H groups in total. The van der Waals surface area contributed by atoms with E-state index in [4.69, 9.17) is 0 Å². The molecule has 0 heterocycles. The SMILES string of the molecule is O=C(CC(O)c1cccc([N+](=O)[O-])c1)SCc1ccccc1. The van der Waals surface area contributed by atoms with Crippen molar-refractivity contribution in [2.24, 2.45) is 0 Å². The molecule has 2 rings (SSSR count). The molecule has 5 nitrogen and oxygen atoms in total. The quantitative estimate of drug-likeness (QED) is 0.651. The zero-order valence-corrected chi connectivity index (χ0v) is 12.5. The number of hydrogen-bond acceptors (Lipinski definition) is 5. The summed E-state index contributed by atoms with van der Waals surface area (Å²) in [7, 11) is 0. The van der Waals surface area contributed by atoms with Crippen molar-refractivity contribution in [1.82, 2.24) is 0 Å². The largest absolute Gasteiger partial charge is 0.388 e. The third kappa shape index (κ3) is 4.68. The first-order valence-electron chi connectivity index (χ1n) is 6.68. The average Bonchev–Trinajstić information content (AvgIpc) is 2.54. The highest BCUT2D eigenvalue weighted by molar-refractivity contribution is 8.12. The lowest BCUT2D eigenvalue weighted by atomic mass is 10.1. The fourth-order valence-electron chi connectivity index (χ4n) is 1.92. The molecule has 114 valence electrons. The predicted octanol–water partition coefficient (Wildman–Crippen LogP) is 3.48. The number of thioether (sulfide) groups is 1. The number of nitro benzene ring substituents is 1. The Morgan fingerprint density at radius 3 is 2.59 bits per heavy atom.